The van der Waals surface area contributed by atoms with Crippen LogP contribution >= 0.6 is 0 Å². The molecule has 0 bridgehead atoms. The van der Waals surface area contributed by atoms with Crippen LogP contribution in [0.3, 0.4) is 0 Å². The number of benzene rings is 1. The van der Waals surface area contributed by atoms with Crippen molar-refractivity contribution >= 4 is 18.0 Å². The Morgan fingerprint density at radius 2 is 2.00 bits per heavy atom. The van der Waals surface area contributed by atoms with Gasteiger partial charge in [-0.2, -0.15) is 0 Å². The molecule has 0 aliphatic heterocycles. The normalized spacial score (nSPS) is 12.0. The second kappa shape index (κ2) is 9.52. The zero-order valence-corrected chi connectivity index (χ0v) is 15.0. The molecule has 0 aromatic heterocycles. The van der Waals surface area contributed by atoms with Crippen molar-refractivity contribution in [2.75, 3.05) is 13.7 Å². The molecule has 0 radical (unpaired) electrons. The van der Waals surface area contributed by atoms with E-state index in [1.807, 2.05) is 13.8 Å². The minimum Gasteiger partial charge on any atom is -0.507 e. The number of carbonyl (C=O) groups excluding carboxylic acids is 2. The van der Waals surface area contributed by atoms with Crippen molar-refractivity contribution in [3.05, 3.63) is 42.0 Å². The number of phenols is 1. The zero-order valence-electron chi connectivity index (χ0n) is 15.0. The number of phenolic OH excluding ortho intramolecular Hbond substituents is 1. The number of hydrogen-bond donors (Lipinski definition) is 2. The third kappa shape index (κ3) is 5.99. The van der Waals surface area contributed by atoms with Crippen molar-refractivity contribution < 1.29 is 24.2 Å². The highest BCUT2D eigenvalue weighted by Gasteiger charge is 2.21. The maximum absolute atomic E-state index is 12.4. The molecule has 0 aliphatic carbocycles. The van der Waals surface area contributed by atoms with E-state index >= 15 is 0 Å². The fraction of sp³-hybridized carbons (Fsp3) is 0.368. The summed E-state index contributed by atoms with van der Waals surface area (Å²) < 4.78 is 10.5. The third-order valence-electron chi connectivity index (χ3n) is 3.67. The first-order valence-electron chi connectivity index (χ1n) is 7.98. The average molecular weight is 347 g/mol. The number of amides is 1. The van der Waals surface area contributed by atoms with Gasteiger partial charge < -0.3 is 19.9 Å². The molecule has 6 heteroatoms. The van der Waals surface area contributed by atoms with Gasteiger partial charge in [0.2, 0.25) is 5.91 Å². The van der Waals surface area contributed by atoms with E-state index in [-0.39, 0.29) is 35.8 Å². The molecule has 0 spiro atoms. The monoisotopic (exact) mass is 347 g/mol. The summed E-state index contributed by atoms with van der Waals surface area (Å²) in [5, 5.41) is 12.8. The van der Waals surface area contributed by atoms with E-state index in [0.717, 1.165) is 0 Å². The van der Waals surface area contributed by atoms with E-state index in [1.165, 1.54) is 19.3 Å². The Hall–Kier alpha value is -2.76. The number of ether oxygens (including phenoxy) is 2. The first kappa shape index (κ1) is 20.3. The van der Waals surface area contributed by atoms with Crippen LogP contribution in [0.15, 0.2) is 30.9 Å². The Morgan fingerprint density at radius 1 is 1.32 bits per heavy atom. The molecule has 1 atom stereocenters. The minimum atomic E-state index is -0.615. The quantitative estimate of drug-likeness (QED) is 0.558. The Bertz CT molecular complexity index is 664. The van der Waals surface area contributed by atoms with Gasteiger partial charge in [0.1, 0.15) is 23.2 Å². The van der Waals surface area contributed by atoms with Gasteiger partial charge in [-0.15, -0.1) is 0 Å². The van der Waals surface area contributed by atoms with Crippen LogP contribution in [-0.2, 0) is 9.53 Å². The summed E-state index contributed by atoms with van der Waals surface area (Å²) in [6.07, 6.45) is 4.14. The molecule has 25 heavy (non-hydrogen) atoms. The highest BCUT2D eigenvalue weighted by molar-refractivity contribution is 5.97. The fourth-order valence-electron chi connectivity index (χ4n) is 1.88. The predicted molar refractivity (Wildman–Crippen MR) is 96.6 cm³/mol. The molecule has 6 nitrogen and oxygen atoms in total. The van der Waals surface area contributed by atoms with Gasteiger partial charge in [0.25, 0.3) is 0 Å². The summed E-state index contributed by atoms with van der Waals surface area (Å²) in [5.41, 5.74) is 0.491. The lowest BCUT2D eigenvalue weighted by Crippen LogP contribution is -2.21. The molecular formula is C19H25NO5. The van der Waals surface area contributed by atoms with Crippen molar-refractivity contribution in [2.45, 2.75) is 26.9 Å². The first-order valence-corrected chi connectivity index (χ1v) is 7.98. The molecule has 1 aromatic carbocycles. The molecule has 1 rings (SSSR count). The smallest absolute Gasteiger partial charge is 0.342 e. The number of aromatic hydroxyl groups is 1. The third-order valence-corrected chi connectivity index (χ3v) is 3.67. The highest BCUT2D eigenvalue weighted by Crippen LogP contribution is 2.30. The van der Waals surface area contributed by atoms with Gasteiger partial charge in [-0.1, -0.05) is 32.6 Å². The van der Waals surface area contributed by atoms with Crippen molar-refractivity contribution in [3.63, 3.8) is 0 Å². The van der Waals surface area contributed by atoms with Gasteiger partial charge in [-0.05, 0) is 30.5 Å². The van der Waals surface area contributed by atoms with Crippen LogP contribution in [0.5, 0.6) is 11.5 Å². The number of rotatable bonds is 8. The van der Waals surface area contributed by atoms with Gasteiger partial charge in [0.15, 0.2) is 0 Å². The SMILES string of the molecule is C=CC(=O)NC/C=C/c1cc(OC)cc(O)c1C(=O)O[C@@H](C)C(C)C. The molecule has 0 saturated carbocycles. The summed E-state index contributed by atoms with van der Waals surface area (Å²) >= 11 is 0. The molecule has 0 aliphatic rings. The number of nitrogens with one attached hydrogen (secondary N) is 1. The molecule has 0 unspecified atom stereocenters. The van der Waals surface area contributed by atoms with Crippen molar-refractivity contribution in [1.29, 1.82) is 0 Å². The number of esters is 1. The lowest BCUT2D eigenvalue weighted by Gasteiger charge is -2.18. The molecule has 1 aromatic rings. The van der Waals surface area contributed by atoms with Gasteiger partial charge in [0.05, 0.1) is 7.11 Å². The summed E-state index contributed by atoms with van der Waals surface area (Å²) in [6, 6.07) is 2.97. The standard InChI is InChI=1S/C19H25NO5/c1-6-17(22)20-9-7-8-14-10-15(24-5)11-16(21)18(14)19(23)25-13(4)12(2)3/h6-8,10-13,21H,1,9H2,2-5H3,(H,20,22)/b8-7+/t13-/m0/s1. The second-order valence-corrected chi connectivity index (χ2v) is 5.82. The van der Waals surface area contributed by atoms with Gasteiger partial charge >= 0.3 is 5.97 Å². The Balaban J connectivity index is 3.09. The van der Waals surface area contributed by atoms with E-state index in [9.17, 15) is 14.7 Å². The molecule has 2 N–H and O–H groups in total. The van der Waals surface area contributed by atoms with E-state index < -0.39 is 5.97 Å². The topological polar surface area (TPSA) is 84.9 Å². The molecular weight excluding hydrogens is 322 g/mol. The molecule has 0 heterocycles. The van der Waals surface area contributed by atoms with Crippen LogP contribution in [0.2, 0.25) is 0 Å². The lowest BCUT2D eigenvalue weighted by molar-refractivity contribution is -0.116. The summed E-state index contributed by atoms with van der Waals surface area (Å²) in [7, 11) is 1.46. The largest absolute Gasteiger partial charge is 0.507 e. The first-order chi connectivity index (χ1) is 11.8. The van der Waals surface area contributed by atoms with Gasteiger partial charge in [0, 0.05) is 12.6 Å². The molecule has 0 fully saturated rings. The van der Waals surface area contributed by atoms with Crippen LogP contribution in [0, 0.1) is 5.92 Å². The van der Waals surface area contributed by atoms with Crippen molar-refractivity contribution in [1.82, 2.24) is 5.32 Å². The Labute approximate surface area is 148 Å². The molecule has 0 saturated heterocycles. The number of hydrogen-bond acceptors (Lipinski definition) is 5. The lowest BCUT2D eigenvalue weighted by atomic mass is 10.0. The van der Waals surface area contributed by atoms with Crippen LogP contribution < -0.4 is 10.1 Å². The van der Waals surface area contributed by atoms with Crippen LogP contribution in [0.4, 0.5) is 0 Å². The Morgan fingerprint density at radius 3 is 2.56 bits per heavy atom. The van der Waals surface area contributed by atoms with Crippen LogP contribution in [-0.4, -0.2) is 36.7 Å². The van der Waals surface area contributed by atoms with Gasteiger partial charge in [-0.25, -0.2) is 4.79 Å². The van der Waals surface area contributed by atoms with E-state index in [4.69, 9.17) is 9.47 Å². The number of methoxy groups -OCH3 is 1. The number of carbonyl (C=O) groups is 2. The fourth-order valence-corrected chi connectivity index (χ4v) is 1.88. The molecule has 1 amide bonds. The highest BCUT2D eigenvalue weighted by atomic mass is 16.5. The average Bonchev–Trinajstić information content (AvgIpc) is 2.57. The second-order valence-electron chi connectivity index (χ2n) is 5.82. The van der Waals surface area contributed by atoms with E-state index in [1.54, 1.807) is 25.1 Å². The summed E-state index contributed by atoms with van der Waals surface area (Å²) in [6.45, 7) is 9.29. The molecule has 136 valence electrons. The van der Waals surface area contributed by atoms with E-state index in [0.29, 0.717) is 11.3 Å². The van der Waals surface area contributed by atoms with Crippen molar-refractivity contribution in [2.24, 2.45) is 5.92 Å². The van der Waals surface area contributed by atoms with E-state index in [2.05, 4.69) is 11.9 Å². The minimum absolute atomic E-state index is 0.0552. The van der Waals surface area contributed by atoms with Crippen LogP contribution in [0.25, 0.3) is 6.08 Å². The summed E-state index contributed by atoms with van der Waals surface area (Å²) in [5.74, 6) is -0.590. The van der Waals surface area contributed by atoms with Gasteiger partial charge in [-0.3, -0.25) is 4.79 Å². The van der Waals surface area contributed by atoms with Crippen LogP contribution in [0.1, 0.15) is 36.7 Å². The maximum atomic E-state index is 12.4. The van der Waals surface area contributed by atoms with Crippen molar-refractivity contribution in [3.8, 4) is 11.5 Å². The predicted octanol–water partition coefficient (Wildman–Crippen LogP) is 2.92. The zero-order chi connectivity index (χ0) is 19.0. The Kier molecular flexibility index (Phi) is 7.72. The summed E-state index contributed by atoms with van der Waals surface area (Å²) in [4.78, 5) is 23.6. The maximum Gasteiger partial charge on any atom is 0.342 e.